The molecule has 148 valence electrons. The number of fused-ring (bicyclic) bond motifs is 2. The van der Waals surface area contributed by atoms with Gasteiger partial charge in [0.1, 0.15) is 12.7 Å². The number of carbonyl (C=O) groups excluding carboxylic acids is 2. The Morgan fingerprint density at radius 3 is 2.89 bits per heavy atom. The molecule has 1 aromatic rings. The van der Waals surface area contributed by atoms with Gasteiger partial charge in [0.2, 0.25) is 5.91 Å². The van der Waals surface area contributed by atoms with E-state index in [1.54, 1.807) is 6.33 Å². The van der Waals surface area contributed by atoms with E-state index in [2.05, 4.69) is 15.3 Å². The number of amides is 2. The highest BCUT2D eigenvalue weighted by Crippen LogP contribution is 2.42. The van der Waals surface area contributed by atoms with Gasteiger partial charge in [-0.05, 0) is 12.8 Å². The maximum absolute atomic E-state index is 12.8. The lowest BCUT2D eigenvalue weighted by Crippen LogP contribution is -2.60. The van der Waals surface area contributed by atoms with Gasteiger partial charge in [-0.3, -0.25) is 9.59 Å². The largest absolute Gasteiger partial charge is 0.375 e. The Morgan fingerprint density at radius 1 is 1.37 bits per heavy atom. The van der Waals surface area contributed by atoms with Crippen LogP contribution in [0.25, 0.3) is 0 Å². The molecule has 4 rings (SSSR count). The molecule has 3 aliphatic heterocycles. The van der Waals surface area contributed by atoms with Crippen molar-refractivity contribution in [2.45, 2.75) is 30.9 Å². The SMILES string of the molecule is COCC(=O)N1CCc2[nH]cnc2C12CCN(C(=O)[C@H]1CNCCO1)CC2. The minimum Gasteiger partial charge on any atom is -0.375 e. The van der Waals surface area contributed by atoms with Crippen LogP contribution in [-0.2, 0) is 31.0 Å². The minimum absolute atomic E-state index is 0.0225. The molecule has 0 aromatic carbocycles. The first-order valence-corrected chi connectivity index (χ1v) is 9.59. The van der Waals surface area contributed by atoms with Crippen molar-refractivity contribution in [3.63, 3.8) is 0 Å². The fourth-order valence-corrected chi connectivity index (χ4v) is 4.57. The molecule has 2 amide bonds. The lowest BCUT2D eigenvalue weighted by molar-refractivity contribution is -0.152. The standard InChI is InChI=1S/C18H27N5O4/c1-26-11-15(24)23-6-2-13-16(21-12-20-13)18(23)3-7-22(8-4-18)17(25)14-10-19-5-9-27-14/h12,14,19H,2-11H2,1H3,(H,20,21)/t14-/m1/s1. The average molecular weight is 377 g/mol. The van der Waals surface area contributed by atoms with E-state index in [4.69, 9.17) is 9.47 Å². The lowest BCUT2D eigenvalue weighted by atomic mass is 9.78. The van der Waals surface area contributed by atoms with Gasteiger partial charge < -0.3 is 29.6 Å². The Labute approximate surface area is 158 Å². The van der Waals surface area contributed by atoms with Gasteiger partial charge >= 0.3 is 0 Å². The van der Waals surface area contributed by atoms with Crippen LogP contribution in [0.4, 0.5) is 0 Å². The summed E-state index contributed by atoms with van der Waals surface area (Å²) in [7, 11) is 1.54. The Bertz CT molecular complexity index is 692. The predicted octanol–water partition coefficient (Wildman–Crippen LogP) is -0.753. The quantitative estimate of drug-likeness (QED) is 0.719. The highest BCUT2D eigenvalue weighted by Gasteiger charge is 2.49. The number of hydrogen-bond donors (Lipinski definition) is 2. The van der Waals surface area contributed by atoms with Crippen molar-refractivity contribution >= 4 is 11.8 Å². The Kier molecular flexibility index (Phi) is 5.16. The monoisotopic (exact) mass is 377 g/mol. The summed E-state index contributed by atoms with van der Waals surface area (Å²) in [5, 5.41) is 3.20. The molecule has 0 saturated carbocycles. The van der Waals surface area contributed by atoms with E-state index in [9.17, 15) is 9.59 Å². The number of imidazole rings is 1. The molecule has 27 heavy (non-hydrogen) atoms. The van der Waals surface area contributed by atoms with E-state index in [-0.39, 0.29) is 18.4 Å². The first-order chi connectivity index (χ1) is 13.2. The number of ether oxygens (including phenoxy) is 2. The summed E-state index contributed by atoms with van der Waals surface area (Å²) in [5.41, 5.74) is 1.57. The van der Waals surface area contributed by atoms with Gasteiger partial charge in [-0.25, -0.2) is 4.98 Å². The highest BCUT2D eigenvalue weighted by atomic mass is 16.5. The third-order valence-electron chi connectivity index (χ3n) is 5.94. The summed E-state index contributed by atoms with van der Waals surface area (Å²) < 4.78 is 10.7. The molecule has 0 aliphatic carbocycles. The van der Waals surface area contributed by atoms with Crippen molar-refractivity contribution in [2.75, 3.05) is 53.0 Å². The number of morpholine rings is 1. The Morgan fingerprint density at radius 2 is 2.19 bits per heavy atom. The summed E-state index contributed by atoms with van der Waals surface area (Å²) in [6.45, 7) is 3.77. The fraction of sp³-hybridized carbons (Fsp3) is 0.722. The van der Waals surface area contributed by atoms with Crippen LogP contribution in [-0.4, -0.2) is 90.7 Å². The van der Waals surface area contributed by atoms with Gasteiger partial charge in [0.05, 0.1) is 24.2 Å². The van der Waals surface area contributed by atoms with Crippen LogP contribution in [0, 0.1) is 0 Å². The number of H-pyrrole nitrogens is 1. The van der Waals surface area contributed by atoms with E-state index in [1.165, 1.54) is 7.11 Å². The van der Waals surface area contributed by atoms with Crippen molar-refractivity contribution in [3.05, 3.63) is 17.7 Å². The molecule has 2 saturated heterocycles. The number of aromatic nitrogens is 2. The first kappa shape index (κ1) is 18.4. The third kappa shape index (κ3) is 3.24. The molecule has 9 heteroatoms. The van der Waals surface area contributed by atoms with Gasteiger partial charge in [-0.2, -0.15) is 0 Å². The average Bonchev–Trinajstić information content (AvgIpc) is 3.19. The van der Waals surface area contributed by atoms with E-state index in [1.807, 2.05) is 9.80 Å². The van der Waals surface area contributed by atoms with Crippen molar-refractivity contribution in [3.8, 4) is 0 Å². The van der Waals surface area contributed by atoms with Crippen molar-refractivity contribution in [1.29, 1.82) is 0 Å². The number of methoxy groups -OCH3 is 1. The molecule has 4 heterocycles. The zero-order valence-electron chi connectivity index (χ0n) is 15.7. The van der Waals surface area contributed by atoms with Crippen LogP contribution in [0.15, 0.2) is 6.33 Å². The van der Waals surface area contributed by atoms with Crippen molar-refractivity contribution in [1.82, 2.24) is 25.1 Å². The smallest absolute Gasteiger partial charge is 0.253 e. The van der Waals surface area contributed by atoms with Gasteiger partial charge in [-0.1, -0.05) is 0 Å². The maximum Gasteiger partial charge on any atom is 0.253 e. The second-order valence-corrected chi connectivity index (χ2v) is 7.38. The molecule has 9 nitrogen and oxygen atoms in total. The fourth-order valence-electron chi connectivity index (χ4n) is 4.57. The van der Waals surface area contributed by atoms with Crippen LogP contribution >= 0.6 is 0 Å². The molecule has 1 aromatic heterocycles. The van der Waals surface area contributed by atoms with Crippen LogP contribution < -0.4 is 5.32 Å². The predicted molar refractivity (Wildman–Crippen MR) is 96.0 cm³/mol. The summed E-state index contributed by atoms with van der Waals surface area (Å²) in [6.07, 6.45) is 3.40. The van der Waals surface area contributed by atoms with E-state index in [0.29, 0.717) is 45.6 Å². The van der Waals surface area contributed by atoms with E-state index >= 15 is 0 Å². The van der Waals surface area contributed by atoms with E-state index < -0.39 is 11.6 Å². The second-order valence-electron chi connectivity index (χ2n) is 7.38. The molecular weight excluding hydrogens is 350 g/mol. The van der Waals surface area contributed by atoms with Gasteiger partial charge in [0, 0.05) is 51.9 Å². The van der Waals surface area contributed by atoms with Gasteiger partial charge in [-0.15, -0.1) is 0 Å². The number of piperidine rings is 1. The number of likely N-dealkylation sites (tertiary alicyclic amines) is 1. The van der Waals surface area contributed by atoms with Crippen molar-refractivity contribution in [2.24, 2.45) is 0 Å². The number of rotatable bonds is 3. The van der Waals surface area contributed by atoms with Crippen LogP contribution in [0.1, 0.15) is 24.2 Å². The number of hydrogen-bond acceptors (Lipinski definition) is 6. The molecule has 1 atom stereocenters. The third-order valence-corrected chi connectivity index (χ3v) is 5.94. The maximum atomic E-state index is 12.8. The summed E-state index contributed by atoms with van der Waals surface area (Å²) in [6, 6.07) is 0. The summed E-state index contributed by atoms with van der Waals surface area (Å²) >= 11 is 0. The molecule has 0 radical (unpaired) electrons. The molecule has 2 N–H and O–H groups in total. The molecule has 3 aliphatic rings. The van der Waals surface area contributed by atoms with Crippen molar-refractivity contribution < 1.29 is 19.1 Å². The number of aromatic amines is 1. The number of nitrogens with zero attached hydrogens (tertiary/aromatic N) is 3. The Hall–Kier alpha value is -1.97. The topological polar surface area (TPSA) is 99.8 Å². The van der Waals surface area contributed by atoms with Gasteiger partial charge in [0.15, 0.2) is 0 Å². The zero-order valence-corrected chi connectivity index (χ0v) is 15.7. The Balaban J connectivity index is 1.53. The lowest BCUT2D eigenvalue weighted by Gasteiger charge is -2.50. The summed E-state index contributed by atoms with van der Waals surface area (Å²) in [4.78, 5) is 37.1. The molecule has 0 bridgehead atoms. The van der Waals surface area contributed by atoms with Crippen LogP contribution in [0.2, 0.25) is 0 Å². The van der Waals surface area contributed by atoms with Gasteiger partial charge in [0.25, 0.3) is 5.91 Å². The normalized spacial score (nSPS) is 24.7. The molecular formula is C18H27N5O4. The van der Waals surface area contributed by atoms with E-state index in [0.717, 1.165) is 24.4 Å². The first-order valence-electron chi connectivity index (χ1n) is 9.59. The second kappa shape index (κ2) is 7.57. The van der Waals surface area contributed by atoms with Crippen LogP contribution in [0.5, 0.6) is 0 Å². The summed E-state index contributed by atoms with van der Waals surface area (Å²) in [5.74, 6) is 0.00983. The number of carbonyl (C=O) groups is 2. The minimum atomic E-state index is -0.467. The van der Waals surface area contributed by atoms with Crippen LogP contribution in [0.3, 0.4) is 0 Å². The molecule has 2 fully saturated rings. The molecule has 0 unspecified atom stereocenters. The number of nitrogens with one attached hydrogen (secondary N) is 2. The molecule has 1 spiro atoms. The highest BCUT2D eigenvalue weighted by molar-refractivity contribution is 5.82. The zero-order chi connectivity index (χ0) is 18.9.